The van der Waals surface area contributed by atoms with E-state index in [9.17, 15) is 14.4 Å². The molecule has 0 bridgehead atoms. The second-order valence-corrected chi connectivity index (χ2v) is 10.9. The molecule has 3 aliphatic rings. The van der Waals surface area contributed by atoms with Crippen molar-refractivity contribution in [2.24, 2.45) is 17.3 Å². The van der Waals surface area contributed by atoms with Crippen molar-refractivity contribution in [1.82, 2.24) is 20.4 Å². The van der Waals surface area contributed by atoms with Gasteiger partial charge in [-0.2, -0.15) is 0 Å². The summed E-state index contributed by atoms with van der Waals surface area (Å²) >= 11 is 0. The second kappa shape index (κ2) is 9.47. The third kappa shape index (κ3) is 5.24. The van der Waals surface area contributed by atoms with Crippen LogP contribution in [-0.4, -0.2) is 65.4 Å². The van der Waals surface area contributed by atoms with Crippen molar-refractivity contribution in [2.75, 3.05) is 26.2 Å². The van der Waals surface area contributed by atoms with E-state index in [0.717, 1.165) is 50.1 Å². The van der Waals surface area contributed by atoms with Gasteiger partial charge in [0, 0.05) is 19.1 Å². The van der Waals surface area contributed by atoms with Crippen LogP contribution in [0, 0.1) is 17.3 Å². The minimum Gasteiger partial charge on any atom is -0.354 e. The number of amides is 4. The zero-order chi connectivity index (χ0) is 22.8. The lowest BCUT2D eigenvalue weighted by atomic mass is 9.65. The Morgan fingerprint density at radius 2 is 1.90 bits per heavy atom. The molecule has 2 N–H and O–H groups in total. The number of hydrogen-bond acceptors (Lipinski definition) is 4. The van der Waals surface area contributed by atoms with Crippen molar-refractivity contribution in [2.45, 2.75) is 91.1 Å². The summed E-state index contributed by atoms with van der Waals surface area (Å²) in [5.41, 5.74) is -0.560. The van der Waals surface area contributed by atoms with Crippen molar-refractivity contribution in [3.63, 3.8) is 0 Å². The Hall–Kier alpha value is -1.63. The van der Waals surface area contributed by atoms with Gasteiger partial charge in [0.25, 0.3) is 5.91 Å². The monoisotopic (exact) mass is 434 g/mol. The molecule has 7 heteroatoms. The maximum Gasteiger partial charge on any atom is 0.325 e. The van der Waals surface area contributed by atoms with Crippen molar-refractivity contribution < 1.29 is 14.4 Å². The number of urea groups is 1. The van der Waals surface area contributed by atoms with E-state index in [4.69, 9.17) is 0 Å². The summed E-state index contributed by atoms with van der Waals surface area (Å²) in [5, 5.41) is 5.91. The van der Waals surface area contributed by atoms with Gasteiger partial charge in [-0.1, -0.05) is 27.2 Å². The third-order valence-electron chi connectivity index (χ3n) is 8.27. The minimum absolute atomic E-state index is 0.184. The van der Waals surface area contributed by atoms with Crippen LogP contribution >= 0.6 is 0 Å². The highest BCUT2D eigenvalue weighted by atomic mass is 16.2. The lowest BCUT2D eigenvalue weighted by Crippen LogP contribution is -2.51. The Bertz CT molecular complexity index is 682. The molecule has 0 aromatic heterocycles. The van der Waals surface area contributed by atoms with E-state index >= 15 is 0 Å². The maximum atomic E-state index is 13.1. The third-order valence-corrected chi connectivity index (χ3v) is 8.27. The average Bonchev–Trinajstić information content (AvgIpc) is 2.96. The minimum atomic E-state index is -0.807. The number of rotatable bonds is 7. The first-order chi connectivity index (χ1) is 14.6. The topological polar surface area (TPSA) is 81.8 Å². The van der Waals surface area contributed by atoms with Gasteiger partial charge in [-0.15, -0.1) is 0 Å². The molecule has 31 heavy (non-hydrogen) atoms. The molecule has 1 atom stereocenters. The van der Waals surface area contributed by atoms with E-state index in [0.29, 0.717) is 37.3 Å². The van der Waals surface area contributed by atoms with E-state index in [-0.39, 0.29) is 23.8 Å². The van der Waals surface area contributed by atoms with Gasteiger partial charge in [-0.05, 0) is 76.2 Å². The number of imide groups is 1. The van der Waals surface area contributed by atoms with E-state index in [2.05, 4.69) is 50.2 Å². The Kier molecular flexibility index (Phi) is 7.34. The number of hydrogen-bond donors (Lipinski definition) is 2. The molecule has 4 amide bonds. The Balaban J connectivity index is 1.50. The van der Waals surface area contributed by atoms with Gasteiger partial charge in [0.1, 0.15) is 12.1 Å². The number of likely N-dealkylation sites (tertiary alicyclic amines) is 1. The van der Waals surface area contributed by atoms with E-state index in [1.165, 1.54) is 0 Å². The van der Waals surface area contributed by atoms with Gasteiger partial charge >= 0.3 is 6.03 Å². The van der Waals surface area contributed by atoms with Gasteiger partial charge in [0.05, 0.1) is 0 Å². The van der Waals surface area contributed by atoms with Gasteiger partial charge in [-0.3, -0.25) is 14.5 Å². The highest BCUT2D eigenvalue weighted by Gasteiger charge is 2.53. The van der Waals surface area contributed by atoms with Crippen molar-refractivity contribution in [3.8, 4) is 0 Å². The summed E-state index contributed by atoms with van der Waals surface area (Å²) in [5.74, 6) is 0.518. The van der Waals surface area contributed by atoms with Crippen LogP contribution in [0.15, 0.2) is 0 Å². The largest absolute Gasteiger partial charge is 0.354 e. The SMILES string of the molecule is CCC(C)(C)C1CCC2(CC1)NC(=O)N(CC(=O)NCC1CCCN(C(C)C)C1)C2=O. The molecule has 1 unspecified atom stereocenters. The predicted octanol–water partition coefficient (Wildman–Crippen LogP) is 3.14. The molecular formula is C24H42N4O3. The van der Waals surface area contributed by atoms with Crippen LogP contribution in [0.3, 0.4) is 0 Å². The Labute approximate surface area is 187 Å². The van der Waals surface area contributed by atoms with Crippen LogP contribution < -0.4 is 10.6 Å². The molecule has 0 aromatic carbocycles. The molecular weight excluding hydrogens is 392 g/mol. The zero-order valence-electron chi connectivity index (χ0n) is 20.1. The highest BCUT2D eigenvalue weighted by Crippen LogP contribution is 2.45. The van der Waals surface area contributed by atoms with Crippen LogP contribution in [0.5, 0.6) is 0 Å². The molecule has 1 spiro atoms. The summed E-state index contributed by atoms with van der Waals surface area (Å²) in [6.07, 6.45) is 6.54. The summed E-state index contributed by atoms with van der Waals surface area (Å²) in [7, 11) is 0. The average molecular weight is 435 g/mol. The fourth-order valence-corrected chi connectivity index (χ4v) is 5.53. The lowest BCUT2D eigenvalue weighted by molar-refractivity contribution is -0.136. The van der Waals surface area contributed by atoms with Crippen LogP contribution in [0.1, 0.15) is 79.6 Å². The fraction of sp³-hybridized carbons (Fsp3) is 0.875. The molecule has 1 aliphatic carbocycles. The number of carbonyl (C=O) groups is 3. The van der Waals surface area contributed by atoms with Crippen LogP contribution in [0.2, 0.25) is 0 Å². The van der Waals surface area contributed by atoms with Crippen molar-refractivity contribution in [3.05, 3.63) is 0 Å². The highest BCUT2D eigenvalue weighted by molar-refractivity contribution is 6.09. The molecule has 0 radical (unpaired) electrons. The smallest absolute Gasteiger partial charge is 0.325 e. The summed E-state index contributed by atoms with van der Waals surface area (Å²) < 4.78 is 0. The van der Waals surface area contributed by atoms with Crippen molar-refractivity contribution >= 4 is 17.8 Å². The Morgan fingerprint density at radius 3 is 2.52 bits per heavy atom. The molecule has 2 aliphatic heterocycles. The van der Waals surface area contributed by atoms with Gasteiger partial charge in [0.2, 0.25) is 5.91 Å². The van der Waals surface area contributed by atoms with Crippen LogP contribution in [-0.2, 0) is 9.59 Å². The number of nitrogens with one attached hydrogen (secondary N) is 2. The molecule has 2 saturated heterocycles. The van der Waals surface area contributed by atoms with Crippen molar-refractivity contribution in [1.29, 1.82) is 0 Å². The summed E-state index contributed by atoms with van der Waals surface area (Å²) in [6, 6.07) is 0.0931. The lowest BCUT2D eigenvalue weighted by Gasteiger charge is -2.42. The van der Waals surface area contributed by atoms with E-state index in [1.807, 2.05) is 0 Å². The van der Waals surface area contributed by atoms with Crippen LogP contribution in [0.25, 0.3) is 0 Å². The molecule has 176 valence electrons. The molecule has 3 fully saturated rings. The zero-order valence-corrected chi connectivity index (χ0v) is 20.1. The first kappa shape index (κ1) is 24.0. The molecule has 1 saturated carbocycles. The molecule has 2 heterocycles. The number of piperidine rings is 1. The van der Waals surface area contributed by atoms with Gasteiger partial charge in [-0.25, -0.2) is 4.79 Å². The number of carbonyl (C=O) groups excluding carboxylic acids is 3. The van der Waals surface area contributed by atoms with E-state index < -0.39 is 11.6 Å². The number of nitrogens with zero attached hydrogens (tertiary/aromatic N) is 2. The van der Waals surface area contributed by atoms with Gasteiger partial charge < -0.3 is 15.5 Å². The maximum absolute atomic E-state index is 13.1. The quantitative estimate of drug-likeness (QED) is 0.603. The summed E-state index contributed by atoms with van der Waals surface area (Å²) in [4.78, 5) is 41.8. The first-order valence-corrected chi connectivity index (χ1v) is 12.2. The standard InChI is InChI=1S/C24H42N4O3/c1-6-23(4,5)19-9-11-24(12-10-19)21(30)28(22(31)26-24)16-20(29)25-14-18-8-7-13-27(15-18)17(2)3/h17-19H,6-16H2,1-5H3,(H,25,29)(H,26,31). The normalized spacial score (nSPS) is 30.2. The predicted molar refractivity (Wildman–Crippen MR) is 121 cm³/mol. The fourth-order valence-electron chi connectivity index (χ4n) is 5.53. The molecule has 0 aromatic rings. The van der Waals surface area contributed by atoms with E-state index in [1.54, 1.807) is 0 Å². The molecule has 7 nitrogen and oxygen atoms in total. The van der Waals surface area contributed by atoms with Gasteiger partial charge in [0.15, 0.2) is 0 Å². The summed E-state index contributed by atoms with van der Waals surface area (Å²) in [6.45, 7) is 13.7. The first-order valence-electron chi connectivity index (χ1n) is 12.2. The Morgan fingerprint density at radius 1 is 1.23 bits per heavy atom. The second-order valence-electron chi connectivity index (χ2n) is 10.9. The van der Waals surface area contributed by atoms with Crippen LogP contribution in [0.4, 0.5) is 4.79 Å². The molecule has 3 rings (SSSR count).